The molecule has 0 atom stereocenters. The monoisotopic (exact) mass is 467 g/mol. The van der Waals surface area contributed by atoms with Gasteiger partial charge in [0.05, 0.1) is 16.3 Å². The van der Waals surface area contributed by atoms with Crippen LogP contribution >= 0.6 is 39.1 Å². The van der Waals surface area contributed by atoms with E-state index in [0.29, 0.717) is 10.0 Å². The Morgan fingerprint density at radius 2 is 1.85 bits per heavy atom. The van der Waals surface area contributed by atoms with Gasteiger partial charge >= 0.3 is 0 Å². The van der Waals surface area contributed by atoms with Gasteiger partial charge in [0, 0.05) is 16.9 Å². The molecular formula is C20H20BrCl2N3O. The van der Waals surface area contributed by atoms with Crippen LogP contribution in [0.4, 0.5) is 0 Å². The SMILES string of the molecule is O=C(NN=Cc1ccc(Cl)c(Cl)c1)C1CCN(Cc2ccc(Br)cc2)CC1. The molecule has 1 heterocycles. The average molecular weight is 469 g/mol. The van der Waals surface area contributed by atoms with Crippen molar-refractivity contribution in [3.63, 3.8) is 0 Å². The molecule has 1 fully saturated rings. The predicted octanol–water partition coefficient (Wildman–Crippen LogP) is 5.12. The molecule has 1 aliphatic rings. The molecule has 0 spiro atoms. The molecule has 4 nitrogen and oxygen atoms in total. The summed E-state index contributed by atoms with van der Waals surface area (Å²) in [5, 5.41) is 4.99. The second-order valence-electron chi connectivity index (χ2n) is 6.58. The second-order valence-corrected chi connectivity index (χ2v) is 8.31. The highest BCUT2D eigenvalue weighted by Gasteiger charge is 2.24. The Morgan fingerprint density at radius 3 is 2.52 bits per heavy atom. The van der Waals surface area contributed by atoms with Crippen LogP contribution in [0.1, 0.15) is 24.0 Å². The number of benzene rings is 2. The first-order valence-electron chi connectivity index (χ1n) is 8.76. The molecule has 0 bridgehead atoms. The molecule has 1 aliphatic heterocycles. The molecule has 0 radical (unpaired) electrons. The number of likely N-dealkylation sites (tertiary alicyclic amines) is 1. The Kier molecular flexibility index (Phi) is 7.30. The third-order valence-electron chi connectivity index (χ3n) is 4.61. The van der Waals surface area contributed by atoms with Gasteiger partial charge in [-0.15, -0.1) is 0 Å². The first-order valence-corrected chi connectivity index (χ1v) is 10.3. The zero-order chi connectivity index (χ0) is 19.2. The van der Waals surface area contributed by atoms with Gasteiger partial charge in [-0.05, 0) is 61.3 Å². The van der Waals surface area contributed by atoms with E-state index in [4.69, 9.17) is 23.2 Å². The Bertz CT molecular complexity index is 818. The maximum atomic E-state index is 12.3. The summed E-state index contributed by atoms with van der Waals surface area (Å²) in [5.74, 6) is -0.0354. The lowest BCUT2D eigenvalue weighted by Crippen LogP contribution is -2.39. The number of halogens is 3. The van der Waals surface area contributed by atoms with E-state index in [2.05, 4.69) is 55.6 Å². The molecule has 1 N–H and O–H groups in total. The van der Waals surface area contributed by atoms with Crippen LogP contribution in [0.5, 0.6) is 0 Å². The van der Waals surface area contributed by atoms with Gasteiger partial charge in [-0.3, -0.25) is 9.69 Å². The molecule has 0 saturated carbocycles. The molecule has 0 aliphatic carbocycles. The van der Waals surface area contributed by atoms with Crippen LogP contribution in [-0.2, 0) is 11.3 Å². The van der Waals surface area contributed by atoms with Crippen molar-refractivity contribution in [3.05, 3.63) is 68.1 Å². The zero-order valence-corrected chi connectivity index (χ0v) is 17.8. The van der Waals surface area contributed by atoms with Crippen LogP contribution in [0.3, 0.4) is 0 Å². The van der Waals surface area contributed by atoms with Gasteiger partial charge < -0.3 is 0 Å². The van der Waals surface area contributed by atoms with E-state index in [9.17, 15) is 4.79 Å². The van der Waals surface area contributed by atoms with Gasteiger partial charge in [-0.2, -0.15) is 5.10 Å². The van der Waals surface area contributed by atoms with Crippen molar-refractivity contribution in [3.8, 4) is 0 Å². The Balaban J connectivity index is 1.44. The fourth-order valence-corrected chi connectivity index (χ4v) is 3.63. The number of hydrogen-bond donors (Lipinski definition) is 1. The highest BCUT2D eigenvalue weighted by atomic mass is 79.9. The summed E-state index contributed by atoms with van der Waals surface area (Å²) < 4.78 is 1.09. The third kappa shape index (κ3) is 6.04. The molecule has 142 valence electrons. The van der Waals surface area contributed by atoms with Gasteiger partial charge in [0.2, 0.25) is 5.91 Å². The summed E-state index contributed by atoms with van der Waals surface area (Å²) in [7, 11) is 0. The van der Waals surface area contributed by atoms with Crippen LogP contribution in [-0.4, -0.2) is 30.1 Å². The van der Waals surface area contributed by atoms with Crippen molar-refractivity contribution in [1.82, 2.24) is 10.3 Å². The van der Waals surface area contributed by atoms with E-state index in [0.717, 1.165) is 42.5 Å². The molecule has 0 unspecified atom stereocenters. The topological polar surface area (TPSA) is 44.7 Å². The summed E-state index contributed by atoms with van der Waals surface area (Å²) in [6.45, 7) is 2.73. The number of piperidine rings is 1. The summed E-state index contributed by atoms with van der Waals surface area (Å²) in [6, 6.07) is 13.6. The normalized spacial score (nSPS) is 16.0. The summed E-state index contributed by atoms with van der Waals surface area (Å²) >= 11 is 15.3. The Labute approximate surface area is 177 Å². The predicted molar refractivity (Wildman–Crippen MR) is 114 cm³/mol. The van der Waals surface area contributed by atoms with E-state index in [1.54, 1.807) is 24.4 Å². The van der Waals surface area contributed by atoms with Crippen molar-refractivity contribution in [2.24, 2.45) is 11.0 Å². The number of nitrogens with one attached hydrogen (secondary N) is 1. The van der Waals surface area contributed by atoms with Crippen molar-refractivity contribution in [2.75, 3.05) is 13.1 Å². The minimum atomic E-state index is -0.0328. The quantitative estimate of drug-likeness (QED) is 0.489. The first-order chi connectivity index (χ1) is 13.0. The van der Waals surface area contributed by atoms with Crippen molar-refractivity contribution in [1.29, 1.82) is 0 Å². The number of nitrogens with zero attached hydrogens (tertiary/aromatic N) is 2. The minimum Gasteiger partial charge on any atom is -0.299 e. The molecule has 0 aromatic heterocycles. The fourth-order valence-electron chi connectivity index (χ4n) is 3.06. The molecular weight excluding hydrogens is 449 g/mol. The Morgan fingerprint density at radius 1 is 1.15 bits per heavy atom. The van der Waals surface area contributed by atoms with Crippen LogP contribution < -0.4 is 5.43 Å². The van der Waals surface area contributed by atoms with Gasteiger partial charge in [0.1, 0.15) is 0 Å². The van der Waals surface area contributed by atoms with E-state index < -0.39 is 0 Å². The van der Waals surface area contributed by atoms with Gasteiger partial charge in [-0.25, -0.2) is 5.43 Å². The second kappa shape index (κ2) is 9.69. The smallest absolute Gasteiger partial charge is 0.243 e. The highest BCUT2D eigenvalue weighted by Crippen LogP contribution is 2.22. The maximum Gasteiger partial charge on any atom is 0.243 e. The standard InChI is InChI=1S/C20H20BrCl2N3O/c21-17-4-1-14(2-5-17)13-26-9-7-16(8-10-26)20(27)25-24-12-15-3-6-18(22)19(23)11-15/h1-6,11-12,16H,7-10,13H2,(H,25,27). The molecule has 7 heteroatoms. The minimum absolute atomic E-state index is 0.00266. The number of carbonyl (C=O) groups excluding carboxylic acids is 1. The molecule has 2 aromatic carbocycles. The third-order valence-corrected chi connectivity index (χ3v) is 5.88. The van der Waals surface area contributed by atoms with Gasteiger partial charge in [0.15, 0.2) is 0 Å². The summed E-state index contributed by atoms with van der Waals surface area (Å²) in [4.78, 5) is 14.7. The van der Waals surface area contributed by atoms with Crippen molar-refractivity contribution >= 4 is 51.3 Å². The fraction of sp³-hybridized carbons (Fsp3) is 0.300. The number of rotatable bonds is 5. The van der Waals surface area contributed by atoms with Crippen LogP contribution in [0.2, 0.25) is 10.0 Å². The van der Waals surface area contributed by atoms with E-state index in [-0.39, 0.29) is 11.8 Å². The lowest BCUT2D eigenvalue weighted by Gasteiger charge is -2.30. The number of carbonyl (C=O) groups is 1. The first kappa shape index (κ1) is 20.3. The van der Waals surface area contributed by atoms with E-state index >= 15 is 0 Å². The van der Waals surface area contributed by atoms with Gasteiger partial charge in [0.25, 0.3) is 0 Å². The van der Waals surface area contributed by atoms with E-state index in [1.165, 1.54) is 5.56 Å². The lowest BCUT2D eigenvalue weighted by molar-refractivity contribution is -0.126. The van der Waals surface area contributed by atoms with Crippen molar-refractivity contribution in [2.45, 2.75) is 19.4 Å². The largest absolute Gasteiger partial charge is 0.299 e. The van der Waals surface area contributed by atoms with Crippen LogP contribution in [0.15, 0.2) is 52.0 Å². The lowest BCUT2D eigenvalue weighted by atomic mass is 9.96. The molecule has 1 saturated heterocycles. The maximum absolute atomic E-state index is 12.3. The number of hydrogen-bond acceptors (Lipinski definition) is 3. The van der Waals surface area contributed by atoms with E-state index in [1.807, 2.05) is 0 Å². The number of amides is 1. The van der Waals surface area contributed by atoms with Crippen LogP contribution in [0, 0.1) is 5.92 Å². The van der Waals surface area contributed by atoms with Crippen LogP contribution in [0.25, 0.3) is 0 Å². The molecule has 1 amide bonds. The highest BCUT2D eigenvalue weighted by molar-refractivity contribution is 9.10. The van der Waals surface area contributed by atoms with Crippen molar-refractivity contribution < 1.29 is 4.79 Å². The molecule has 27 heavy (non-hydrogen) atoms. The summed E-state index contributed by atoms with van der Waals surface area (Å²) in [6.07, 6.45) is 3.25. The Hall–Kier alpha value is -1.40. The molecule has 2 aromatic rings. The zero-order valence-electron chi connectivity index (χ0n) is 14.7. The average Bonchev–Trinajstić information content (AvgIpc) is 2.67. The number of hydrazone groups is 1. The van der Waals surface area contributed by atoms with Gasteiger partial charge in [-0.1, -0.05) is 57.3 Å². The molecule has 3 rings (SSSR count). The summed E-state index contributed by atoms with van der Waals surface area (Å²) in [5.41, 5.74) is 4.71.